The minimum absolute atomic E-state index is 0.0249. The van der Waals surface area contributed by atoms with E-state index in [9.17, 15) is 19.5 Å². The Kier molecular flexibility index (Phi) is 3.45. The van der Waals surface area contributed by atoms with Crippen LogP contribution in [0.5, 0.6) is 5.88 Å². The molecule has 0 spiro atoms. The van der Waals surface area contributed by atoms with Gasteiger partial charge in [-0.3, -0.25) is 19.0 Å². The molecule has 1 amide bonds. The zero-order chi connectivity index (χ0) is 16.0. The maximum Gasteiger partial charge on any atom is 0.323 e. The number of carboxylic acid groups (broad SMARTS) is 1. The van der Waals surface area contributed by atoms with Crippen molar-refractivity contribution in [1.82, 2.24) is 4.57 Å². The largest absolute Gasteiger partial charge is 0.493 e. The first-order valence-corrected chi connectivity index (χ1v) is 7.57. The maximum absolute atomic E-state index is 12.1. The highest BCUT2D eigenvalue weighted by Crippen LogP contribution is 2.28. The van der Waals surface area contributed by atoms with E-state index in [-0.39, 0.29) is 10.5 Å². The number of nitrogens with zero attached hydrogens (tertiary/aromatic N) is 2. The SMILES string of the molecule is O=C(O)Cn1c(O)c(C2=c3cc(Br)ccc3=NC2=O)sc1=O. The number of thiazole rings is 1. The molecule has 0 fully saturated rings. The second-order valence-electron chi connectivity index (χ2n) is 4.45. The molecule has 9 heteroatoms. The number of amides is 1. The molecule has 1 aliphatic heterocycles. The normalized spacial score (nSPS) is 13.1. The number of hydrogen-bond acceptors (Lipinski definition) is 5. The predicted octanol–water partition coefficient (Wildman–Crippen LogP) is -0.179. The molecule has 3 rings (SSSR count). The van der Waals surface area contributed by atoms with E-state index in [4.69, 9.17) is 5.11 Å². The lowest BCUT2D eigenvalue weighted by molar-refractivity contribution is -0.137. The smallest absolute Gasteiger partial charge is 0.323 e. The topological polar surface area (TPSA) is 109 Å². The van der Waals surface area contributed by atoms with Crippen molar-refractivity contribution in [2.45, 2.75) is 6.54 Å². The van der Waals surface area contributed by atoms with Gasteiger partial charge in [0.1, 0.15) is 11.4 Å². The van der Waals surface area contributed by atoms with Crippen molar-refractivity contribution in [2.75, 3.05) is 0 Å². The van der Waals surface area contributed by atoms with Crippen LogP contribution in [0, 0.1) is 0 Å². The molecule has 0 saturated carbocycles. The van der Waals surface area contributed by atoms with Crippen LogP contribution in [0.2, 0.25) is 0 Å². The maximum atomic E-state index is 12.1. The quantitative estimate of drug-likeness (QED) is 0.765. The molecule has 0 unspecified atom stereocenters. The first-order chi connectivity index (χ1) is 10.4. The number of benzene rings is 1. The van der Waals surface area contributed by atoms with Crippen LogP contribution in [0.4, 0.5) is 0 Å². The van der Waals surface area contributed by atoms with E-state index < -0.39 is 29.2 Å². The van der Waals surface area contributed by atoms with Gasteiger partial charge in [-0.25, -0.2) is 4.99 Å². The summed E-state index contributed by atoms with van der Waals surface area (Å²) in [5, 5.41) is 19.8. The Morgan fingerprint density at radius 2 is 2.09 bits per heavy atom. The second kappa shape index (κ2) is 5.18. The Balaban J connectivity index is 2.31. The van der Waals surface area contributed by atoms with Gasteiger partial charge in [-0.2, -0.15) is 0 Å². The van der Waals surface area contributed by atoms with Crippen molar-refractivity contribution >= 4 is 44.7 Å². The average Bonchev–Trinajstić information content (AvgIpc) is 2.88. The van der Waals surface area contributed by atoms with Crippen LogP contribution >= 0.6 is 27.3 Å². The van der Waals surface area contributed by atoms with E-state index >= 15 is 0 Å². The highest BCUT2D eigenvalue weighted by atomic mass is 79.9. The summed E-state index contributed by atoms with van der Waals surface area (Å²) in [7, 11) is 0. The standard InChI is InChI=1S/C13H7BrN2O5S/c14-5-1-2-7-6(3-5)9(11(19)15-7)10-12(20)16(4-8(17)18)13(21)22-10/h1-3,20H,4H2,(H,17,18). The van der Waals surface area contributed by atoms with Crippen LogP contribution in [-0.2, 0) is 16.1 Å². The molecule has 1 aromatic carbocycles. The molecule has 2 N–H and O–H groups in total. The van der Waals surface area contributed by atoms with E-state index in [1.54, 1.807) is 18.2 Å². The molecule has 2 heterocycles. The molecular formula is C13H7BrN2O5S. The molecule has 2 aromatic rings. The zero-order valence-corrected chi connectivity index (χ0v) is 13.1. The number of carbonyl (C=O) groups excluding carboxylic acids is 1. The third-order valence-corrected chi connectivity index (χ3v) is 4.53. The lowest BCUT2D eigenvalue weighted by Crippen LogP contribution is -2.22. The van der Waals surface area contributed by atoms with Gasteiger partial charge in [-0.05, 0) is 18.2 Å². The summed E-state index contributed by atoms with van der Waals surface area (Å²) in [6, 6.07) is 5.01. The fourth-order valence-electron chi connectivity index (χ4n) is 2.14. The monoisotopic (exact) mass is 382 g/mol. The molecule has 0 saturated heterocycles. The molecule has 22 heavy (non-hydrogen) atoms. The first-order valence-electron chi connectivity index (χ1n) is 5.96. The molecule has 0 atom stereocenters. The third kappa shape index (κ3) is 2.28. The van der Waals surface area contributed by atoms with Gasteiger partial charge >= 0.3 is 10.8 Å². The number of fused-ring (bicyclic) bond motifs is 1. The van der Waals surface area contributed by atoms with E-state index in [1.165, 1.54) is 0 Å². The van der Waals surface area contributed by atoms with Crippen molar-refractivity contribution in [1.29, 1.82) is 0 Å². The number of hydrogen-bond donors (Lipinski definition) is 2. The van der Waals surface area contributed by atoms with E-state index in [1.807, 2.05) is 0 Å². The van der Waals surface area contributed by atoms with Crippen molar-refractivity contribution in [3.8, 4) is 5.88 Å². The van der Waals surface area contributed by atoms with Gasteiger partial charge in [-0.1, -0.05) is 27.3 Å². The van der Waals surface area contributed by atoms with E-state index in [0.717, 1.165) is 0 Å². The van der Waals surface area contributed by atoms with Gasteiger partial charge in [0.05, 0.1) is 10.9 Å². The molecule has 0 bridgehead atoms. The van der Waals surface area contributed by atoms with Crippen LogP contribution < -0.4 is 15.4 Å². The fraction of sp³-hybridized carbons (Fsp3) is 0.0769. The summed E-state index contributed by atoms with van der Waals surface area (Å²) in [6.45, 7) is -0.675. The highest BCUT2D eigenvalue weighted by Gasteiger charge is 2.26. The lowest BCUT2D eigenvalue weighted by Gasteiger charge is -2.01. The molecule has 1 aromatic heterocycles. The summed E-state index contributed by atoms with van der Waals surface area (Å²) in [4.78, 5) is 37.9. The molecule has 0 radical (unpaired) electrons. The lowest BCUT2D eigenvalue weighted by atomic mass is 10.1. The van der Waals surface area contributed by atoms with Crippen LogP contribution in [0.15, 0.2) is 32.5 Å². The Morgan fingerprint density at radius 1 is 1.36 bits per heavy atom. The van der Waals surface area contributed by atoms with Crippen LogP contribution in [-0.4, -0.2) is 26.7 Å². The summed E-state index contributed by atoms with van der Waals surface area (Å²) in [5.41, 5.74) is 0.0973. The van der Waals surface area contributed by atoms with Gasteiger partial charge in [0, 0.05) is 9.69 Å². The van der Waals surface area contributed by atoms with Crippen molar-refractivity contribution < 1.29 is 19.8 Å². The third-order valence-electron chi connectivity index (χ3n) is 3.05. The number of halogens is 1. The minimum Gasteiger partial charge on any atom is -0.493 e. The van der Waals surface area contributed by atoms with Crippen molar-refractivity contribution in [3.63, 3.8) is 0 Å². The van der Waals surface area contributed by atoms with Gasteiger partial charge in [0.2, 0.25) is 5.88 Å². The number of aromatic nitrogens is 1. The van der Waals surface area contributed by atoms with Gasteiger partial charge in [0.25, 0.3) is 5.91 Å². The summed E-state index contributed by atoms with van der Waals surface area (Å²) in [6.07, 6.45) is 0. The summed E-state index contributed by atoms with van der Waals surface area (Å²) < 4.78 is 1.42. The molecule has 1 aliphatic rings. The highest BCUT2D eigenvalue weighted by molar-refractivity contribution is 9.10. The number of carboxylic acids is 1. The van der Waals surface area contributed by atoms with Crippen molar-refractivity contribution in [3.05, 3.63) is 47.8 Å². The predicted molar refractivity (Wildman–Crippen MR) is 80.3 cm³/mol. The Labute approximate surface area is 134 Å². The van der Waals surface area contributed by atoms with Gasteiger partial charge < -0.3 is 10.2 Å². The number of aliphatic carboxylic acids is 1. The zero-order valence-electron chi connectivity index (χ0n) is 10.7. The van der Waals surface area contributed by atoms with Crippen LogP contribution in [0.1, 0.15) is 4.88 Å². The Morgan fingerprint density at radius 3 is 2.77 bits per heavy atom. The Hall–Kier alpha value is -2.26. The van der Waals surface area contributed by atoms with Crippen molar-refractivity contribution in [2.24, 2.45) is 4.99 Å². The molecule has 7 nitrogen and oxygen atoms in total. The second-order valence-corrected chi connectivity index (χ2v) is 6.33. The Bertz CT molecular complexity index is 1000. The summed E-state index contributed by atoms with van der Waals surface area (Å²) in [5.74, 6) is -2.38. The summed E-state index contributed by atoms with van der Waals surface area (Å²) >= 11 is 3.90. The van der Waals surface area contributed by atoms with Gasteiger partial charge in [-0.15, -0.1) is 0 Å². The van der Waals surface area contributed by atoms with Crippen LogP contribution in [0.3, 0.4) is 0 Å². The number of aromatic hydroxyl groups is 1. The first kappa shape index (κ1) is 14.7. The van der Waals surface area contributed by atoms with E-state index in [2.05, 4.69) is 20.9 Å². The molecular weight excluding hydrogens is 376 g/mol. The van der Waals surface area contributed by atoms with E-state index in [0.29, 0.717) is 31.0 Å². The minimum atomic E-state index is -1.27. The number of carbonyl (C=O) groups is 2. The molecule has 112 valence electrons. The number of rotatable bonds is 3. The van der Waals surface area contributed by atoms with Gasteiger partial charge in [0.15, 0.2) is 0 Å². The average molecular weight is 383 g/mol. The van der Waals surface area contributed by atoms with Crippen LogP contribution in [0.25, 0.3) is 5.57 Å². The fourth-order valence-corrected chi connectivity index (χ4v) is 3.44. The molecule has 0 aliphatic carbocycles.